The van der Waals surface area contributed by atoms with Crippen LogP contribution >= 0.6 is 0 Å². The van der Waals surface area contributed by atoms with E-state index in [9.17, 15) is 0 Å². The van der Waals surface area contributed by atoms with Gasteiger partial charge in [-0.1, -0.05) is 68.4 Å². The minimum absolute atomic E-state index is 0.281. The number of hydrogen-bond acceptors (Lipinski definition) is 4. The number of anilines is 1. The summed E-state index contributed by atoms with van der Waals surface area (Å²) in [7, 11) is 0. The lowest BCUT2D eigenvalue weighted by atomic mass is 9.77. The Hall–Kier alpha value is -5.03. The van der Waals surface area contributed by atoms with Crippen LogP contribution in [0.25, 0.3) is 49.9 Å². The largest absolute Gasteiger partial charge is 0.383 e. The molecule has 2 N–H and O–H groups in total. The number of benzene rings is 4. The van der Waals surface area contributed by atoms with Crippen molar-refractivity contribution in [3.05, 3.63) is 127 Å². The number of nitrogens with two attached hydrogens (primary N) is 1. The third-order valence-corrected chi connectivity index (χ3v) is 7.72. The molecular formula is C34H27N5. The SMILES string of the molecule is CC(C)(c1cccc(-c2nc3ccccc3n2-c2ccccc2)c1)c1ccc2nc(N)c3cccnc3c2c1. The molecule has 0 fully saturated rings. The summed E-state index contributed by atoms with van der Waals surface area (Å²) in [4.78, 5) is 14.4. The van der Waals surface area contributed by atoms with Crippen molar-refractivity contribution >= 4 is 38.7 Å². The maximum atomic E-state index is 6.23. The van der Waals surface area contributed by atoms with Crippen LogP contribution in [0.2, 0.25) is 0 Å². The highest BCUT2D eigenvalue weighted by Gasteiger charge is 2.25. The van der Waals surface area contributed by atoms with Crippen LogP contribution in [-0.4, -0.2) is 19.5 Å². The van der Waals surface area contributed by atoms with Gasteiger partial charge in [0.1, 0.15) is 11.6 Å². The molecule has 0 aliphatic heterocycles. The third kappa shape index (κ3) is 3.74. The number of nitrogens with zero attached hydrogens (tertiary/aromatic N) is 4. The van der Waals surface area contributed by atoms with Crippen LogP contribution in [0.4, 0.5) is 5.82 Å². The lowest BCUT2D eigenvalue weighted by Gasteiger charge is -2.27. The first-order chi connectivity index (χ1) is 19.0. The van der Waals surface area contributed by atoms with Gasteiger partial charge in [0.25, 0.3) is 0 Å². The fourth-order valence-electron chi connectivity index (χ4n) is 5.50. The second-order valence-electron chi connectivity index (χ2n) is 10.4. The summed E-state index contributed by atoms with van der Waals surface area (Å²) in [6.07, 6.45) is 1.81. The van der Waals surface area contributed by atoms with Crippen molar-refractivity contribution in [2.24, 2.45) is 0 Å². The number of nitrogen functional groups attached to an aromatic ring is 1. The molecule has 5 heteroatoms. The molecule has 0 radical (unpaired) electrons. The summed E-state index contributed by atoms with van der Waals surface area (Å²) in [6, 6.07) is 37.7. The minimum Gasteiger partial charge on any atom is -0.383 e. The van der Waals surface area contributed by atoms with Gasteiger partial charge in [-0.3, -0.25) is 9.55 Å². The van der Waals surface area contributed by atoms with Crippen molar-refractivity contribution in [2.75, 3.05) is 5.73 Å². The van der Waals surface area contributed by atoms with Gasteiger partial charge in [0.15, 0.2) is 0 Å². The highest BCUT2D eigenvalue weighted by atomic mass is 15.1. The first kappa shape index (κ1) is 23.1. The topological polar surface area (TPSA) is 69.6 Å². The van der Waals surface area contributed by atoms with E-state index in [1.807, 2.05) is 24.3 Å². The summed E-state index contributed by atoms with van der Waals surface area (Å²) < 4.78 is 2.24. The van der Waals surface area contributed by atoms with Crippen LogP contribution in [0.3, 0.4) is 0 Å². The fourth-order valence-corrected chi connectivity index (χ4v) is 5.50. The highest BCUT2D eigenvalue weighted by Crippen LogP contribution is 2.37. The average Bonchev–Trinajstić information content (AvgIpc) is 3.37. The average molecular weight is 506 g/mol. The van der Waals surface area contributed by atoms with E-state index in [1.165, 1.54) is 11.1 Å². The Morgan fingerprint density at radius 3 is 2.33 bits per heavy atom. The van der Waals surface area contributed by atoms with Crippen LogP contribution in [0.5, 0.6) is 0 Å². The zero-order chi connectivity index (χ0) is 26.6. The van der Waals surface area contributed by atoms with Crippen LogP contribution < -0.4 is 5.73 Å². The maximum Gasteiger partial charge on any atom is 0.145 e. The molecular weight excluding hydrogens is 478 g/mol. The fraction of sp³-hybridized carbons (Fsp3) is 0.0882. The number of rotatable bonds is 4. The highest BCUT2D eigenvalue weighted by molar-refractivity contribution is 6.07. The first-order valence-electron chi connectivity index (χ1n) is 13.1. The second-order valence-corrected chi connectivity index (χ2v) is 10.4. The van der Waals surface area contributed by atoms with Crippen molar-refractivity contribution in [3.8, 4) is 17.1 Å². The first-order valence-corrected chi connectivity index (χ1v) is 13.1. The smallest absolute Gasteiger partial charge is 0.145 e. The van der Waals surface area contributed by atoms with Crippen molar-refractivity contribution in [1.82, 2.24) is 19.5 Å². The summed E-state index contributed by atoms with van der Waals surface area (Å²) in [5.41, 5.74) is 14.3. The van der Waals surface area contributed by atoms with Gasteiger partial charge in [-0.15, -0.1) is 0 Å². The zero-order valence-corrected chi connectivity index (χ0v) is 21.8. The molecule has 0 saturated carbocycles. The third-order valence-electron chi connectivity index (χ3n) is 7.72. The van der Waals surface area contributed by atoms with E-state index in [4.69, 9.17) is 10.7 Å². The molecule has 0 aliphatic rings. The molecule has 0 unspecified atom stereocenters. The van der Waals surface area contributed by atoms with Gasteiger partial charge in [0.05, 0.1) is 22.1 Å². The number of fused-ring (bicyclic) bond motifs is 4. The Morgan fingerprint density at radius 1 is 0.667 bits per heavy atom. The predicted octanol–water partition coefficient (Wildman–Crippen LogP) is 7.70. The molecule has 0 spiro atoms. The van der Waals surface area contributed by atoms with Gasteiger partial charge in [-0.25, -0.2) is 9.97 Å². The molecule has 0 amide bonds. The monoisotopic (exact) mass is 505 g/mol. The Labute approximate surface area is 226 Å². The molecule has 7 aromatic rings. The molecule has 0 saturated heterocycles. The van der Waals surface area contributed by atoms with Crippen molar-refractivity contribution in [3.63, 3.8) is 0 Å². The summed E-state index contributed by atoms with van der Waals surface area (Å²) in [5.74, 6) is 1.43. The molecule has 4 aromatic carbocycles. The van der Waals surface area contributed by atoms with Gasteiger partial charge in [0.2, 0.25) is 0 Å². The number of para-hydroxylation sites is 3. The Kier molecular flexibility index (Phi) is 5.20. The van der Waals surface area contributed by atoms with Crippen LogP contribution in [0.15, 0.2) is 115 Å². The zero-order valence-electron chi connectivity index (χ0n) is 21.8. The van der Waals surface area contributed by atoms with E-state index >= 15 is 0 Å². The van der Waals surface area contributed by atoms with Crippen LogP contribution in [-0.2, 0) is 5.41 Å². The molecule has 7 rings (SSSR count). The normalized spacial score (nSPS) is 11.9. The Morgan fingerprint density at radius 2 is 1.46 bits per heavy atom. The van der Waals surface area contributed by atoms with E-state index in [1.54, 1.807) is 6.20 Å². The van der Waals surface area contributed by atoms with Crippen molar-refractivity contribution in [2.45, 2.75) is 19.3 Å². The minimum atomic E-state index is -0.281. The van der Waals surface area contributed by atoms with Crippen LogP contribution in [0, 0.1) is 0 Å². The summed E-state index contributed by atoms with van der Waals surface area (Å²) in [5, 5.41) is 1.88. The molecule has 0 atom stereocenters. The van der Waals surface area contributed by atoms with Gasteiger partial charge in [-0.2, -0.15) is 0 Å². The van der Waals surface area contributed by atoms with Gasteiger partial charge >= 0.3 is 0 Å². The van der Waals surface area contributed by atoms with Gasteiger partial charge in [0, 0.05) is 33.6 Å². The van der Waals surface area contributed by atoms with E-state index in [0.29, 0.717) is 5.82 Å². The number of pyridine rings is 2. The predicted molar refractivity (Wildman–Crippen MR) is 160 cm³/mol. The standard InChI is InChI=1S/C34H27N5/c1-34(2,24-17-18-28-27(21-24)31-26(32(35)37-28)14-9-19-36-31)23-11-8-10-22(20-23)33-38-29-15-6-7-16-30(29)39(33)25-12-4-3-5-13-25/h3-21H,1-2H3,(H2,35,37). The lowest BCUT2D eigenvalue weighted by molar-refractivity contribution is 0.642. The summed E-state index contributed by atoms with van der Waals surface area (Å²) >= 11 is 0. The molecule has 5 nitrogen and oxygen atoms in total. The molecule has 188 valence electrons. The molecule has 39 heavy (non-hydrogen) atoms. The van der Waals surface area contributed by atoms with E-state index in [0.717, 1.165) is 49.9 Å². The second kappa shape index (κ2) is 8.77. The van der Waals surface area contributed by atoms with E-state index in [2.05, 4.69) is 113 Å². The Bertz CT molecular complexity index is 2000. The van der Waals surface area contributed by atoms with Gasteiger partial charge < -0.3 is 5.73 Å². The van der Waals surface area contributed by atoms with E-state index in [-0.39, 0.29) is 5.41 Å². The molecule has 3 heterocycles. The van der Waals surface area contributed by atoms with E-state index < -0.39 is 0 Å². The molecule has 0 bridgehead atoms. The maximum absolute atomic E-state index is 6.23. The van der Waals surface area contributed by atoms with Crippen molar-refractivity contribution in [1.29, 1.82) is 0 Å². The summed E-state index contributed by atoms with van der Waals surface area (Å²) in [6.45, 7) is 4.52. The molecule has 3 aromatic heterocycles. The number of aromatic nitrogens is 4. The quantitative estimate of drug-likeness (QED) is 0.249. The lowest BCUT2D eigenvalue weighted by Crippen LogP contribution is -2.19. The number of hydrogen-bond donors (Lipinski definition) is 1. The molecule has 0 aliphatic carbocycles. The van der Waals surface area contributed by atoms with Crippen LogP contribution in [0.1, 0.15) is 25.0 Å². The van der Waals surface area contributed by atoms with Gasteiger partial charge in [-0.05, 0) is 65.7 Å². The number of imidazole rings is 1. The van der Waals surface area contributed by atoms with Crippen molar-refractivity contribution < 1.29 is 0 Å². The Balaban J connectivity index is 1.38.